The van der Waals surface area contributed by atoms with Crippen LogP contribution in [-0.4, -0.2) is 44.9 Å². The third kappa shape index (κ3) is 5.48. The van der Waals surface area contributed by atoms with Crippen LogP contribution >= 0.6 is 0 Å². The summed E-state index contributed by atoms with van der Waals surface area (Å²) in [6, 6.07) is 0. The topological polar surface area (TPSA) is 40.2 Å². The van der Waals surface area contributed by atoms with Crippen molar-refractivity contribution in [2.45, 2.75) is 89.6 Å². The molecule has 4 heteroatoms. The molecule has 0 aromatic carbocycles. The lowest BCUT2D eigenvalue weighted by Crippen LogP contribution is -2.56. The fraction of sp³-hybridized carbons (Fsp3) is 1.00. The van der Waals surface area contributed by atoms with Gasteiger partial charge in [0.15, 0.2) is 5.79 Å². The summed E-state index contributed by atoms with van der Waals surface area (Å²) in [7, 11) is 3.40. The van der Waals surface area contributed by atoms with Gasteiger partial charge in [-0.3, -0.25) is 0 Å². The second kappa shape index (κ2) is 9.86. The average molecular weight is 316 g/mol. The molecule has 1 heterocycles. The van der Waals surface area contributed by atoms with Crippen molar-refractivity contribution in [1.29, 1.82) is 0 Å². The van der Waals surface area contributed by atoms with Gasteiger partial charge in [0.25, 0.3) is 0 Å². The van der Waals surface area contributed by atoms with E-state index in [0.717, 1.165) is 25.9 Å². The summed E-state index contributed by atoms with van der Waals surface area (Å²) in [5.41, 5.74) is -0.410. The molecule has 0 bridgehead atoms. The number of ether oxygens (including phenoxy) is 4. The summed E-state index contributed by atoms with van der Waals surface area (Å²) < 4.78 is 23.0. The van der Waals surface area contributed by atoms with Gasteiger partial charge < -0.3 is 18.9 Å². The van der Waals surface area contributed by atoms with Crippen molar-refractivity contribution in [3.05, 3.63) is 0 Å². The van der Waals surface area contributed by atoms with Crippen molar-refractivity contribution in [3.8, 4) is 0 Å². The van der Waals surface area contributed by atoms with E-state index in [-0.39, 0.29) is 6.10 Å². The van der Waals surface area contributed by atoms with Crippen molar-refractivity contribution in [1.82, 2.24) is 0 Å². The lowest BCUT2D eigenvalue weighted by atomic mass is 9.84. The predicted octanol–water partition coefficient (Wildman–Crippen LogP) is 4.31. The van der Waals surface area contributed by atoms with E-state index < -0.39 is 11.4 Å². The summed E-state index contributed by atoms with van der Waals surface area (Å²) >= 11 is 0. The highest BCUT2D eigenvalue weighted by atomic mass is 16.7. The van der Waals surface area contributed by atoms with Crippen LogP contribution < -0.4 is 0 Å². The van der Waals surface area contributed by atoms with E-state index in [9.17, 15) is 0 Å². The van der Waals surface area contributed by atoms with Crippen LogP contribution in [-0.2, 0) is 18.9 Å². The van der Waals surface area contributed by atoms with E-state index >= 15 is 0 Å². The molecular formula is C18H36O4. The first kappa shape index (κ1) is 19.9. The van der Waals surface area contributed by atoms with Gasteiger partial charge in [0.1, 0.15) is 11.7 Å². The van der Waals surface area contributed by atoms with Gasteiger partial charge in [-0.2, -0.15) is 0 Å². The van der Waals surface area contributed by atoms with E-state index in [4.69, 9.17) is 18.9 Å². The van der Waals surface area contributed by atoms with Crippen LogP contribution in [0.4, 0.5) is 0 Å². The zero-order chi connectivity index (χ0) is 16.5. The molecule has 0 N–H and O–H groups in total. The van der Waals surface area contributed by atoms with Crippen LogP contribution in [0.5, 0.6) is 0 Å². The second-order valence-electron chi connectivity index (χ2n) is 6.49. The highest BCUT2D eigenvalue weighted by Crippen LogP contribution is 2.38. The molecule has 0 saturated carbocycles. The Balaban J connectivity index is 2.58. The number of rotatable bonds is 14. The number of hydrogen-bond donors (Lipinski definition) is 0. The van der Waals surface area contributed by atoms with Crippen LogP contribution in [0.2, 0.25) is 0 Å². The Morgan fingerprint density at radius 2 is 1.59 bits per heavy atom. The lowest BCUT2D eigenvalue weighted by Gasteiger charge is -2.46. The lowest BCUT2D eigenvalue weighted by molar-refractivity contribution is -0.309. The van der Waals surface area contributed by atoms with Gasteiger partial charge in [0.05, 0.1) is 13.2 Å². The molecule has 0 aromatic heterocycles. The number of methoxy groups -OCH3 is 2. The molecule has 0 amide bonds. The van der Waals surface area contributed by atoms with Crippen LogP contribution in [0.3, 0.4) is 0 Å². The van der Waals surface area contributed by atoms with Crippen molar-refractivity contribution in [2.24, 2.45) is 0 Å². The van der Waals surface area contributed by atoms with Crippen LogP contribution in [0.15, 0.2) is 0 Å². The zero-order valence-electron chi connectivity index (χ0n) is 15.3. The van der Waals surface area contributed by atoms with E-state index in [2.05, 4.69) is 13.8 Å². The van der Waals surface area contributed by atoms with Crippen molar-refractivity contribution >= 4 is 0 Å². The average Bonchev–Trinajstić information content (AvgIpc) is 3.37. The zero-order valence-corrected chi connectivity index (χ0v) is 15.3. The van der Waals surface area contributed by atoms with Gasteiger partial charge >= 0.3 is 0 Å². The summed E-state index contributed by atoms with van der Waals surface area (Å²) in [6.45, 7) is 7.83. The van der Waals surface area contributed by atoms with Crippen molar-refractivity contribution < 1.29 is 18.9 Å². The van der Waals surface area contributed by atoms with E-state index in [0.29, 0.717) is 6.61 Å². The molecule has 22 heavy (non-hydrogen) atoms. The molecular weight excluding hydrogens is 280 g/mol. The Morgan fingerprint density at radius 3 is 2.09 bits per heavy atom. The van der Waals surface area contributed by atoms with Gasteiger partial charge in [-0.05, 0) is 19.8 Å². The quantitative estimate of drug-likeness (QED) is 0.272. The van der Waals surface area contributed by atoms with Crippen LogP contribution in [0.25, 0.3) is 0 Å². The molecule has 4 nitrogen and oxygen atoms in total. The fourth-order valence-corrected chi connectivity index (χ4v) is 3.09. The van der Waals surface area contributed by atoms with E-state index in [1.165, 1.54) is 32.1 Å². The summed E-state index contributed by atoms with van der Waals surface area (Å²) in [5, 5.41) is 0. The molecule has 1 saturated heterocycles. The molecule has 1 aliphatic rings. The highest BCUT2D eigenvalue weighted by molar-refractivity contribution is 4.93. The third-order valence-corrected chi connectivity index (χ3v) is 5.06. The first-order valence-corrected chi connectivity index (χ1v) is 8.93. The maximum Gasteiger partial charge on any atom is 0.194 e. The van der Waals surface area contributed by atoms with Crippen molar-refractivity contribution in [2.75, 3.05) is 27.4 Å². The number of unbranched alkanes of at least 4 members (excludes halogenated alkanes) is 5. The first-order valence-electron chi connectivity index (χ1n) is 8.93. The normalized spacial score (nSPS) is 20.9. The summed E-state index contributed by atoms with van der Waals surface area (Å²) in [6.07, 6.45) is 9.73. The maximum absolute atomic E-state index is 6.30. The summed E-state index contributed by atoms with van der Waals surface area (Å²) in [5.74, 6) is -0.722. The Kier molecular flexibility index (Phi) is 8.91. The standard InChI is InChI=1S/C18H36O4/c1-6-8-9-10-11-12-13-18(7-2,17(3,19-4)20-5)22-15-16-14-21-16/h16H,6-15H2,1-5H3. The molecule has 0 radical (unpaired) electrons. The van der Waals surface area contributed by atoms with Gasteiger partial charge in [0, 0.05) is 14.2 Å². The number of hydrogen-bond acceptors (Lipinski definition) is 4. The SMILES string of the molecule is CCCCCCCCC(CC)(OCC1CO1)C(C)(OC)OC. The molecule has 132 valence electrons. The Labute approximate surface area is 136 Å². The number of epoxide rings is 1. The van der Waals surface area contributed by atoms with Crippen LogP contribution in [0, 0.1) is 0 Å². The molecule has 0 aliphatic carbocycles. The second-order valence-corrected chi connectivity index (χ2v) is 6.49. The van der Waals surface area contributed by atoms with Gasteiger partial charge in [-0.25, -0.2) is 0 Å². The monoisotopic (exact) mass is 316 g/mol. The Bertz CT molecular complexity index is 287. The molecule has 2 unspecified atom stereocenters. The maximum atomic E-state index is 6.30. The molecule has 0 spiro atoms. The molecule has 1 fully saturated rings. The molecule has 0 aromatic rings. The predicted molar refractivity (Wildman–Crippen MR) is 89.1 cm³/mol. The van der Waals surface area contributed by atoms with Crippen LogP contribution in [0.1, 0.15) is 72.1 Å². The minimum absolute atomic E-state index is 0.258. The molecule has 1 aliphatic heterocycles. The smallest absolute Gasteiger partial charge is 0.194 e. The first-order chi connectivity index (χ1) is 10.6. The van der Waals surface area contributed by atoms with E-state index in [1.807, 2.05) is 6.92 Å². The highest BCUT2D eigenvalue weighted by Gasteiger charge is 2.49. The minimum Gasteiger partial charge on any atom is -0.371 e. The van der Waals surface area contributed by atoms with Gasteiger partial charge in [-0.15, -0.1) is 0 Å². The van der Waals surface area contributed by atoms with Gasteiger partial charge in [0.2, 0.25) is 0 Å². The fourth-order valence-electron chi connectivity index (χ4n) is 3.09. The minimum atomic E-state index is -0.722. The Morgan fingerprint density at radius 1 is 1.00 bits per heavy atom. The van der Waals surface area contributed by atoms with Crippen molar-refractivity contribution in [3.63, 3.8) is 0 Å². The van der Waals surface area contributed by atoms with E-state index in [1.54, 1.807) is 14.2 Å². The Hall–Kier alpha value is -0.160. The third-order valence-electron chi connectivity index (χ3n) is 5.06. The molecule has 1 rings (SSSR count). The summed E-state index contributed by atoms with van der Waals surface area (Å²) in [4.78, 5) is 0. The molecule has 2 atom stereocenters. The van der Waals surface area contributed by atoms with Gasteiger partial charge in [-0.1, -0.05) is 52.4 Å². The largest absolute Gasteiger partial charge is 0.371 e.